The topological polar surface area (TPSA) is 20.5 Å². The van der Waals surface area contributed by atoms with Crippen LogP contribution in [0.15, 0.2) is 54.6 Å². The highest BCUT2D eigenvalue weighted by Crippen LogP contribution is 2.29. The second-order valence-electron chi connectivity index (χ2n) is 5.38. The number of aryl methyl sites for hydroxylation is 2. The molecule has 2 nitrogen and oxygen atoms in total. The lowest BCUT2D eigenvalue weighted by molar-refractivity contribution is -0.183. The molecule has 0 atom stereocenters. The van der Waals surface area contributed by atoms with E-state index in [1.807, 2.05) is 38.1 Å². The third-order valence-corrected chi connectivity index (χ3v) is 3.40. The van der Waals surface area contributed by atoms with Gasteiger partial charge in [0.1, 0.15) is 0 Å². The largest absolute Gasteiger partial charge is 0.995 e. The summed E-state index contributed by atoms with van der Waals surface area (Å²) >= 11 is 0. The van der Waals surface area contributed by atoms with Gasteiger partial charge >= 0.3 is 7.11 Å². The highest BCUT2D eigenvalue weighted by molar-refractivity contribution is 6.52. The molecule has 1 aliphatic heterocycles. The summed E-state index contributed by atoms with van der Waals surface area (Å²) in [7, 11) is -4.38. The quantitative estimate of drug-likeness (QED) is 0.592. The van der Waals surface area contributed by atoms with E-state index in [0.29, 0.717) is 11.1 Å². The Morgan fingerprint density at radius 1 is 0.909 bits per heavy atom. The third kappa shape index (κ3) is 3.08. The van der Waals surface area contributed by atoms with Crippen LogP contribution in [0.2, 0.25) is 0 Å². The van der Waals surface area contributed by atoms with Crippen LogP contribution < -0.4 is 0 Å². The predicted molar refractivity (Wildman–Crippen MR) is 83.7 cm³/mol. The maximum atomic E-state index is 13.8. The van der Waals surface area contributed by atoms with Crippen LogP contribution in [0.1, 0.15) is 26.6 Å². The van der Waals surface area contributed by atoms with Gasteiger partial charge in [0, 0.05) is 5.56 Å². The maximum Gasteiger partial charge on any atom is 0.995 e. The van der Waals surface area contributed by atoms with Gasteiger partial charge < -0.3 is 17.6 Å². The Kier molecular flexibility index (Phi) is 3.57. The first-order chi connectivity index (χ1) is 10.4. The number of halogens is 2. The lowest BCUT2D eigenvalue weighted by Gasteiger charge is -2.20. The molecule has 0 spiro atoms. The van der Waals surface area contributed by atoms with Crippen molar-refractivity contribution in [3.8, 4) is 0 Å². The van der Waals surface area contributed by atoms with Gasteiger partial charge in [-0.25, -0.2) is 0 Å². The van der Waals surface area contributed by atoms with Crippen molar-refractivity contribution < 1.29 is 17.6 Å². The number of hydrogen-bond acceptors (Lipinski definition) is 1. The van der Waals surface area contributed by atoms with E-state index in [2.05, 4.69) is 0 Å². The van der Waals surface area contributed by atoms with Gasteiger partial charge in [0.25, 0.3) is 5.78 Å². The van der Waals surface area contributed by atoms with Crippen molar-refractivity contribution in [3.05, 3.63) is 76.9 Å². The van der Waals surface area contributed by atoms with Crippen LogP contribution in [0.5, 0.6) is 0 Å². The summed E-state index contributed by atoms with van der Waals surface area (Å²) in [5, 5.41) is 0. The number of ketones is 1. The molecule has 0 saturated heterocycles. The first-order valence-corrected chi connectivity index (χ1v) is 7.04. The fourth-order valence-electron chi connectivity index (χ4n) is 2.41. The molecule has 0 unspecified atom stereocenters. The van der Waals surface area contributed by atoms with Crippen LogP contribution in [-0.4, -0.2) is 12.9 Å². The molecule has 112 valence electrons. The summed E-state index contributed by atoms with van der Waals surface area (Å²) in [6, 6.07) is 14.5. The highest BCUT2D eigenvalue weighted by atomic mass is 19.3. The number of benzene rings is 2. The monoisotopic (exact) mass is 300 g/mol. The molecule has 5 heteroatoms. The van der Waals surface area contributed by atoms with E-state index in [1.54, 1.807) is 24.3 Å². The smallest absolute Gasteiger partial charge is 0.569 e. The van der Waals surface area contributed by atoms with Crippen LogP contribution in [0, 0.1) is 13.8 Å². The molecule has 0 N–H and O–H groups in total. The number of rotatable bonds is 2. The minimum atomic E-state index is -4.38. The average Bonchev–Trinajstić information content (AvgIpc) is 2.45. The van der Waals surface area contributed by atoms with Gasteiger partial charge in [-0.15, -0.1) is 0 Å². The van der Waals surface area contributed by atoms with Gasteiger partial charge in [-0.1, -0.05) is 41.5 Å². The third-order valence-electron chi connectivity index (χ3n) is 3.40. The lowest BCUT2D eigenvalue weighted by Crippen LogP contribution is -2.31. The molecule has 3 rings (SSSR count). The zero-order valence-electron chi connectivity index (χ0n) is 12.3. The molecule has 0 saturated carbocycles. The second kappa shape index (κ2) is 5.41. The van der Waals surface area contributed by atoms with Crippen LogP contribution in [0.4, 0.5) is 8.63 Å². The van der Waals surface area contributed by atoms with E-state index >= 15 is 0 Å². The Morgan fingerprint density at radius 2 is 1.50 bits per heavy atom. The highest BCUT2D eigenvalue weighted by Gasteiger charge is 2.53. The summed E-state index contributed by atoms with van der Waals surface area (Å²) in [6.45, 7) is 3.80. The molecular weight excluding hydrogens is 285 g/mol. The van der Waals surface area contributed by atoms with Crippen molar-refractivity contribution in [2.45, 2.75) is 13.8 Å². The molecule has 0 bridgehead atoms. The van der Waals surface area contributed by atoms with Crippen molar-refractivity contribution in [2.24, 2.45) is 0 Å². The molecule has 1 heterocycles. The number of allylic oxidation sites excluding steroid dienone is 1. The van der Waals surface area contributed by atoms with E-state index in [9.17, 15) is 8.63 Å². The average molecular weight is 300 g/mol. The molecule has 0 fully saturated rings. The molecule has 2 aromatic rings. The van der Waals surface area contributed by atoms with Crippen molar-refractivity contribution >= 4 is 18.6 Å². The number of carbonyl (C=O) groups excluding carboxylic acids is 1. The van der Waals surface area contributed by atoms with E-state index < -0.39 is 7.11 Å². The van der Waals surface area contributed by atoms with E-state index in [1.165, 1.54) is 6.08 Å². The van der Waals surface area contributed by atoms with Gasteiger partial charge in [-0.2, -0.15) is 0 Å². The van der Waals surface area contributed by atoms with Crippen molar-refractivity contribution in [2.75, 3.05) is 0 Å². The lowest BCUT2D eigenvalue weighted by atomic mass is 10.0. The number of hydrogen-bond donors (Lipinski definition) is 0. The molecule has 0 aromatic heterocycles. The van der Waals surface area contributed by atoms with Crippen molar-refractivity contribution in [1.29, 1.82) is 0 Å². The molecule has 22 heavy (non-hydrogen) atoms. The Balaban J connectivity index is 2.07. The van der Waals surface area contributed by atoms with Gasteiger partial charge in [-0.05, 0) is 32.0 Å². The zero-order chi connectivity index (χ0) is 15.7. The molecule has 0 aliphatic carbocycles. The van der Waals surface area contributed by atoms with Gasteiger partial charge in [0.15, 0.2) is 0 Å². The van der Waals surface area contributed by atoms with E-state index in [-0.39, 0.29) is 11.5 Å². The minimum Gasteiger partial charge on any atom is -0.569 e. The van der Waals surface area contributed by atoms with Crippen LogP contribution in [0.3, 0.4) is 0 Å². The zero-order valence-corrected chi connectivity index (χ0v) is 12.3. The maximum absolute atomic E-state index is 13.8. The second-order valence-corrected chi connectivity index (χ2v) is 5.38. The van der Waals surface area contributed by atoms with Crippen LogP contribution >= 0.6 is 0 Å². The fourth-order valence-corrected chi connectivity index (χ4v) is 2.41. The molecule has 2 aromatic carbocycles. The Morgan fingerprint density at radius 3 is 2.14 bits per heavy atom. The SMILES string of the molecule is Cc1cccc(C2=CC(c3cccc(C)c3)=[O+][B-](F)(F)O2)c1. The first-order valence-electron chi connectivity index (χ1n) is 7.04. The summed E-state index contributed by atoms with van der Waals surface area (Å²) < 4.78 is 37.2. The van der Waals surface area contributed by atoms with Gasteiger partial charge in [0.05, 0.1) is 17.4 Å². The summed E-state index contributed by atoms with van der Waals surface area (Å²) in [6.07, 6.45) is 1.52. The Labute approximate surface area is 127 Å². The molecule has 0 amide bonds. The van der Waals surface area contributed by atoms with Gasteiger partial charge in [-0.3, -0.25) is 0 Å². The Hall–Kier alpha value is -2.43. The van der Waals surface area contributed by atoms with E-state index in [0.717, 1.165) is 11.1 Å². The Bertz CT molecular complexity index is 782. The van der Waals surface area contributed by atoms with Crippen molar-refractivity contribution in [1.82, 2.24) is 0 Å². The minimum absolute atomic E-state index is 0.122. The molecule has 1 aliphatic rings. The van der Waals surface area contributed by atoms with E-state index in [4.69, 9.17) is 9.00 Å². The molecular formula is C17H15BF2O2. The standard InChI is InChI=1S/C17H15BF2O2/c1-12-5-3-7-14(9-12)16-11-17(22-18(19,20)21-16)15-8-4-6-13(2)10-15/h3-11H,1-2H3. The summed E-state index contributed by atoms with van der Waals surface area (Å²) in [4.78, 5) is 0. The summed E-state index contributed by atoms with van der Waals surface area (Å²) in [5.41, 5.74) is 3.16. The van der Waals surface area contributed by atoms with Gasteiger partial charge in [0.2, 0.25) is 0 Å². The van der Waals surface area contributed by atoms with Crippen LogP contribution in [-0.2, 0) is 4.65 Å². The summed E-state index contributed by atoms with van der Waals surface area (Å²) in [5.74, 6) is 0.243. The first kappa shape index (κ1) is 14.5. The normalized spacial score (nSPS) is 16.5. The predicted octanol–water partition coefficient (Wildman–Crippen LogP) is 4.47. The van der Waals surface area contributed by atoms with Crippen LogP contribution in [0.25, 0.3) is 5.76 Å². The van der Waals surface area contributed by atoms with Crippen molar-refractivity contribution in [3.63, 3.8) is 0 Å². The molecule has 0 radical (unpaired) electrons. The fraction of sp³-hybridized carbons (Fsp3) is 0.118.